The minimum Gasteiger partial charge on any atom is -0.489 e. The van der Waals surface area contributed by atoms with Crippen LogP contribution in [0.25, 0.3) is 22.2 Å². The highest BCUT2D eigenvalue weighted by Crippen LogP contribution is 2.48. The van der Waals surface area contributed by atoms with Crippen molar-refractivity contribution >= 4 is 39.8 Å². The fraction of sp³-hybridized carbons (Fsp3) is 0.250. The van der Waals surface area contributed by atoms with E-state index in [2.05, 4.69) is 25.3 Å². The fourth-order valence-corrected chi connectivity index (χ4v) is 4.69. The first kappa shape index (κ1) is 23.9. The summed E-state index contributed by atoms with van der Waals surface area (Å²) in [5, 5.41) is 3.56. The van der Waals surface area contributed by atoms with Crippen LogP contribution in [0.4, 0.5) is 30.5 Å². The third-order valence-electron chi connectivity index (χ3n) is 5.94. The van der Waals surface area contributed by atoms with Gasteiger partial charge in [0.1, 0.15) is 24.6 Å². The topological polar surface area (TPSA) is 102 Å². The summed E-state index contributed by atoms with van der Waals surface area (Å²) in [6.45, 7) is 2.49. The van der Waals surface area contributed by atoms with Gasteiger partial charge in [-0.3, -0.25) is 4.98 Å². The predicted octanol–water partition coefficient (Wildman–Crippen LogP) is 5.09. The normalized spacial score (nSPS) is 13.4. The highest BCUT2D eigenvalue weighted by atomic mass is 35.5. The van der Waals surface area contributed by atoms with Crippen LogP contribution in [0.2, 0.25) is 5.02 Å². The summed E-state index contributed by atoms with van der Waals surface area (Å²) in [5.41, 5.74) is 6.69. The van der Waals surface area contributed by atoms with Gasteiger partial charge < -0.3 is 20.7 Å². The third kappa shape index (κ3) is 4.19. The maximum Gasteiger partial charge on any atom is 0.418 e. The third-order valence-corrected chi connectivity index (χ3v) is 6.31. The van der Waals surface area contributed by atoms with E-state index in [-0.39, 0.29) is 40.0 Å². The molecule has 186 valence electrons. The van der Waals surface area contributed by atoms with Crippen LogP contribution in [-0.2, 0) is 12.7 Å². The lowest BCUT2D eigenvalue weighted by atomic mass is 9.99. The highest BCUT2D eigenvalue weighted by molar-refractivity contribution is 6.36. The van der Waals surface area contributed by atoms with Gasteiger partial charge in [0.15, 0.2) is 5.75 Å². The molecule has 0 spiro atoms. The molecule has 0 aliphatic carbocycles. The Morgan fingerprint density at radius 3 is 2.75 bits per heavy atom. The lowest BCUT2D eigenvalue weighted by molar-refractivity contribution is -0.137. The van der Waals surface area contributed by atoms with Crippen molar-refractivity contribution in [2.75, 3.05) is 36.1 Å². The van der Waals surface area contributed by atoms with Crippen molar-refractivity contribution < 1.29 is 17.9 Å². The van der Waals surface area contributed by atoms with Crippen LogP contribution >= 0.6 is 11.6 Å². The van der Waals surface area contributed by atoms with Crippen molar-refractivity contribution in [3.63, 3.8) is 0 Å². The minimum absolute atomic E-state index is 0.0118. The molecular formula is C24H21ClF3N7O. The number of aryl methyl sites for hydroxylation is 1. The average Bonchev–Trinajstić information content (AvgIpc) is 3.01. The van der Waals surface area contributed by atoms with Gasteiger partial charge in [-0.05, 0) is 36.2 Å². The lowest BCUT2D eigenvalue weighted by Gasteiger charge is -2.22. The minimum atomic E-state index is -4.67. The predicted molar refractivity (Wildman–Crippen MR) is 132 cm³/mol. The molecule has 12 heteroatoms. The molecule has 0 amide bonds. The first-order valence-corrected chi connectivity index (χ1v) is 11.4. The van der Waals surface area contributed by atoms with E-state index < -0.39 is 11.7 Å². The summed E-state index contributed by atoms with van der Waals surface area (Å²) in [4.78, 5) is 19.1. The van der Waals surface area contributed by atoms with Gasteiger partial charge in [-0.15, -0.1) is 0 Å². The molecule has 1 aliphatic rings. The quantitative estimate of drug-likeness (QED) is 0.387. The summed E-state index contributed by atoms with van der Waals surface area (Å²) in [5.74, 6) is 0.716. The van der Waals surface area contributed by atoms with Gasteiger partial charge >= 0.3 is 6.18 Å². The highest BCUT2D eigenvalue weighted by Gasteiger charge is 2.38. The summed E-state index contributed by atoms with van der Waals surface area (Å²) >= 11 is 6.71. The summed E-state index contributed by atoms with van der Waals surface area (Å²) < 4.78 is 48.0. The molecule has 0 radical (unpaired) electrons. The Morgan fingerprint density at radius 1 is 1.19 bits per heavy atom. The second-order valence-corrected chi connectivity index (χ2v) is 8.72. The Hall–Kier alpha value is -3.86. The largest absolute Gasteiger partial charge is 0.489 e. The van der Waals surface area contributed by atoms with Gasteiger partial charge in [0.25, 0.3) is 0 Å². The number of hydrogen-bond donors (Lipinski definition) is 2. The maximum absolute atomic E-state index is 14.0. The SMILES string of the molecule is CNc1cncc(CN2CCOc3c(Cl)c(-c4nc(N)cc(C)c4C(F)(F)F)cc4ncnc2c34)c1. The Labute approximate surface area is 209 Å². The smallest absolute Gasteiger partial charge is 0.418 e. The molecular weight excluding hydrogens is 495 g/mol. The summed E-state index contributed by atoms with van der Waals surface area (Å²) in [6, 6.07) is 4.63. The van der Waals surface area contributed by atoms with E-state index in [1.54, 1.807) is 12.4 Å². The van der Waals surface area contributed by atoms with Crippen molar-refractivity contribution in [3.05, 3.63) is 58.6 Å². The number of nitrogens with zero attached hydrogens (tertiary/aromatic N) is 5. The number of nitrogens with two attached hydrogens (primary N) is 1. The van der Waals surface area contributed by atoms with Crippen molar-refractivity contribution in [3.8, 4) is 17.0 Å². The second-order valence-electron chi connectivity index (χ2n) is 8.35. The number of halogens is 4. The Morgan fingerprint density at radius 2 is 2.00 bits per heavy atom. The van der Waals surface area contributed by atoms with Gasteiger partial charge in [0.2, 0.25) is 0 Å². The first-order valence-electron chi connectivity index (χ1n) is 11.0. The van der Waals surface area contributed by atoms with Gasteiger partial charge in [-0.2, -0.15) is 13.2 Å². The van der Waals surface area contributed by atoms with Crippen LogP contribution in [0.5, 0.6) is 5.75 Å². The van der Waals surface area contributed by atoms with Crippen molar-refractivity contribution in [1.82, 2.24) is 19.9 Å². The van der Waals surface area contributed by atoms with E-state index in [4.69, 9.17) is 22.1 Å². The molecule has 0 saturated heterocycles. The molecule has 4 heterocycles. The van der Waals surface area contributed by atoms with Crippen molar-refractivity contribution in [1.29, 1.82) is 0 Å². The first-order chi connectivity index (χ1) is 17.2. The number of alkyl halides is 3. The van der Waals surface area contributed by atoms with Crippen LogP contribution < -0.4 is 20.7 Å². The maximum atomic E-state index is 14.0. The molecule has 0 saturated carbocycles. The Kier molecular flexibility index (Phi) is 5.95. The molecule has 1 aromatic carbocycles. The number of ether oxygens (including phenoxy) is 1. The number of nitrogens with one attached hydrogen (secondary N) is 1. The second kappa shape index (κ2) is 8.98. The monoisotopic (exact) mass is 515 g/mol. The van der Waals surface area contributed by atoms with Crippen molar-refractivity contribution in [2.24, 2.45) is 0 Å². The van der Waals surface area contributed by atoms with E-state index in [0.29, 0.717) is 29.8 Å². The number of benzene rings is 1. The average molecular weight is 516 g/mol. The van der Waals surface area contributed by atoms with E-state index in [1.165, 1.54) is 25.4 Å². The molecule has 1 aliphatic heterocycles. The van der Waals surface area contributed by atoms with E-state index in [9.17, 15) is 13.2 Å². The zero-order chi connectivity index (χ0) is 25.6. The fourth-order valence-electron chi connectivity index (χ4n) is 4.40. The lowest BCUT2D eigenvalue weighted by Crippen LogP contribution is -2.27. The van der Waals surface area contributed by atoms with Crippen LogP contribution in [0.1, 0.15) is 16.7 Å². The molecule has 4 aromatic rings. The molecule has 5 rings (SSSR count). The van der Waals surface area contributed by atoms with Crippen LogP contribution in [-0.4, -0.2) is 40.1 Å². The molecule has 3 N–H and O–H groups in total. The van der Waals surface area contributed by atoms with Gasteiger partial charge in [0.05, 0.1) is 39.4 Å². The molecule has 0 atom stereocenters. The summed E-state index contributed by atoms with van der Waals surface area (Å²) in [7, 11) is 1.81. The zero-order valence-corrected chi connectivity index (χ0v) is 20.1. The molecule has 3 aromatic heterocycles. The van der Waals surface area contributed by atoms with E-state index >= 15 is 0 Å². The molecule has 0 fully saturated rings. The number of aromatic nitrogens is 4. The van der Waals surface area contributed by atoms with Crippen LogP contribution in [0.15, 0.2) is 36.9 Å². The van der Waals surface area contributed by atoms with E-state index in [1.807, 2.05) is 18.0 Å². The van der Waals surface area contributed by atoms with Gasteiger partial charge in [-0.25, -0.2) is 15.0 Å². The molecule has 0 unspecified atom stereocenters. The number of nitrogen functional groups attached to an aromatic ring is 1. The number of hydrogen-bond acceptors (Lipinski definition) is 8. The summed E-state index contributed by atoms with van der Waals surface area (Å²) in [6.07, 6.45) is 0.170. The standard InChI is InChI=1S/C24H21ClF3N7O/c1-12-5-17(29)34-21(19(12)24(26,27)28)15-7-16-18-22(20(15)25)36-4-3-35(23(18)33-11-32-16)10-13-6-14(30-2)9-31-8-13/h5-9,11,30H,3-4,10H2,1-2H3,(H2,29,34). The van der Waals surface area contributed by atoms with Gasteiger partial charge in [0, 0.05) is 31.5 Å². The van der Waals surface area contributed by atoms with E-state index in [0.717, 1.165) is 11.3 Å². The van der Waals surface area contributed by atoms with Crippen LogP contribution in [0, 0.1) is 6.92 Å². The Balaban J connectivity index is 1.69. The zero-order valence-electron chi connectivity index (χ0n) is 19.3. The Bertz CT molecular complexity index is 1480. The molecule has 0 bridgehead atoms. The van der Waals surface area contributed by atoms with Gasteiger partial charge in [-0.1, -0.05) is 11.6 Å². The number of pyridine rings is 2. The number of rotatable bonds is 4. The van der Waals surface area contributed by atoms with Crippen molar-refractivity contribution in [2.45, 2.75) is 19.6 Å². The van der Waals surface area contributed by atoms with Crippen LogP contribution in [0.3, 0.4) is 0 Å². The molecule has 8 nitrogen and oxygen atoms in total. The number of anilines is 3. The molecule has 36 heavy (non-hydrogen) atoms.